The highest BCUT2D eigenvalue weighted by Crippen LogP contribution is 2.31. The Morgan fingerprint density at radius 2 is 1.89 bits per heavy atom. The van der Waals surface area contributed by atoms with E-state index in [1.54, 1.807) is 0 Å². The molecule has 1 atom stereocenters. The van der Waals surface area contributed by atoms with E-state index in [9.17, 15) is 9.59 Å². The summed E-state index contributed by atoms with van der Waals surface area (Å²) in [7, 11) is 1.91. The second-order valence-electron chi connectivity index (χ2n) is 7.79. The molecule has 1 aromatic rings. The average Bonchev–Trinajstić information content (AvgIpc) is 3.55. The van der Waals surface area contributed by atoms with Crippen molar-refractivity contribution in [3.8, 4) is 0 Å². The van der Waals surface area contributed by atoms with E-state index < -0.39 is 0 Å². The minimum atomic E-state index is -0.109. The third-order valence-corrected chi connectivity index (χ3v) is 6.78. The molecule has 6 heteroatoms. The summed E-state index contributed by atoms with van der Waals surface area (Å²) in [6.07, 6.45) is 8.24. The van der Waals surface area contributed by atoms with Crippen LogP contribution in [0.1, 0.15) is 55.3 Å². The van der Waals surface area contributed by atoms with Crippen molar-refractivity contribution in [1.82, 2.24) is 10.2 Å². The molecular weight excluding hydrogens is 358 g/mol. The van der Waals surface area contributed by atoms with Crippen LogP contribution in [0.15, 0.2) is 29.2 Å². The predicted molar refractivity (Wildman–Crippen MR) is 110 cm³/mol. The summed E-state index contributed by atoms with van der Waals surface area (Å²) >= 11 is 1.45. The molecule has 3 rings (SSSR count). The number of hydrogen-bond donors (Lipinski definition) is 2. The third-order valence-electron chi connectivity index (χ3n) is 5.72. The summed E-state index contributed by atoms with van der Waals surface area (Å²) in [5.41, 5.74) is 6.70. The molecule has 1 aromatic carbocycles. The van der Waals surface area contributed by atoms with Gasteiger partial charge in [-0.25, -0.2) is 0 Å². The highest BCUT2D eigenvalue weighted by molar-refractivity contribution is 8.00. The quantitative estimate of drug-likeness (QED) is 0.670. The van der Waals surface area contributed by atoms with Gasteiger partial charge in [0.1, 0.15) is 0 Å². The fourth-order valence-corrected chi connectivity index (χ4v) is 4.66. The molecule has 5 nitrogen and oxygen atoms in total. The maximum absolute atomic E-state index is 12.6. The lowest BCUT2D eigenvalue weighted by atomic mass is 9.94. The molecule has 0 spiro atoms. The highest BCUT2D eigenvalue weighted by atomic mass is 32.2. The van der Waals surface area contributed by atoms with E-state index in [4.69, 9.17) is 5.73 Å². The van der Waals surface area contributed by atoms with Gasteiger partial charge in [0.25, 0.3) is 5.91 Å². The van der Waals surface area contributed by atoms with E-state index in [0.717, 1.165) is 17.7 Å². The molecule has 2 aliphatic rings. The molecule has 2 fully saturated rings. The number of rotatable bonds is 8. The topological polar surface area (TPSA) is 75.4 Å². The van der Waals surface area contributed by atoms with Crippen LogP contribution in [0.4, 0.5) is 0 Å². The van der Waals surface area contributed by atoms with E-state index in [1.807, 2.05) is 36.2 Å². The molecule has 2 saturated carbocycles. The first-order chi connectivity index (χ1) is 13.1. The summed E-state index contributed by atoms with van der Waals surface area (Å²) in [6, 6.07) is 7.90. The van der Waals surface area contributed by atoms with Gasteiger partial charge in [-0.15, -0.1) is 11.8 Å². The van der Waals surface area contributed by atoms with Gasteiger partial charge < -0.3 is 16.0 Å². The predicted octanol–water partition coefficient (Wildman–Crippen LogP) is 3.04. The van der Waals surface area contributed by atoms with Crippen LogP contribution in [0.3, 0.4) is 0 Å². The molecule has 0 radical (unpaired) electrons. The monoisotopic (exact) mass is 389 g/mol. The van der Waals surface area contributed by atoms with Gasteiger partial charge in [0.15, 0.2) is 0 Å². The summed E-state index contributed by atoms with van der Waals surface area (Å²) in [5.74, 6) is 0.946. The van der Waals surface area contributed by atoms with Crippen molar-refractivity contribution in [1.29, 1.82) is 0 Å². The van der Waals surface area contributed by atoms with Crippen LogP contribution in [0, 0.1) is 5.92 Å². The fourth-order valence-electron chi connectivity index (χ4n) is 3.69. The molecular formula is C21H31N3O2S. The molecule has 2 aliphatic carbocycles. The van der Waals surface area contributed by atoms with Gasteiger partial charge in [-0.2, -0.15) is 0 Å². The standard InChI is InChI=1S/C21H31N3O2S/c1-24(16-7-3-2-4-8-16)20(25)14-27-19-10-6-5-9-17(19)21(26)23-13-18(22)15-11-12-15/h5-6,9-10,15-16,18H,2-4,7-8,11-14,22H2,1H3,(H,23,26). The molecule has 27 heavy (non-hydrogen) atoms. The number of nitrogens with two attached hydrogens (primary N) is 1. The molecule has 0 heterocycles. The third kappa shape index (κ3) is 5.72. The summed E-state index contributed by atoms with van der Waals surface area (Å²) < 4.78 is 0. The molecule has 1 unspecified atom stereocenters. The van der Waals surface area contributed by atoms with Crippen molar-refractivity contribution in [2.45, 2.75) is 61.9 Å². The second kappa shape index (κ2) is 9.60. The first-order valence-electron chi connectivity index (χ1n) is 10.1. The molecule has 0 aromatic heterocycles. The van der Waals surface area contributed by atoms with Gasteiger partial charge in [-0.3, -0.25) is 9.59 Å². The maximum Gasteiger partial charge on any atom is 0.252 e. The minimum Gasteiger partial charge on any atom is -0.350 e. The van der Waals surface area contributed by atoms with E-state index >= 15 is 0 Å². The first kappa shape index (κ1) is 20.2. The zero-order valence-corrected chi connectivity index (χ0v) is 17.0. The molecule has 0 bridgehead atoms. The van der Waals surface area contributed by atoms with Crippen LogP contribution in [-0.4, -0.2) is 48.1 Å². The van der Waals surface area contributed by atoms with E-state index in [0.29, 0.717) is 29.8 Å². The Morgan fingerprint density at radius 3 is 2.59 bits per heavy atom. The Morgan fingerprint density at radius 1 is 1.19 bits per heavy atom. The Bertz CT molecular complexity index is 657. The van der Waals surface area contributed by atoms with Crippen molar-refractivity contribution in [2.24, 2.45) is 11.7 Å². The Hall–Kier alpha value is -1.53. The van der Waals surface area contributed by atoms with Crippen molar-refractivity contribution < 1.29 is 9.59 Å². The average molecular weight is 390 g/mol. The van der Waals surface area contributed by atoms with Crippen LogP contribution in [0.5, 0.6) is 0 Å². The van der Waals surface area contributed by atoms with Crippen molar-refractivity contribution >= 4 is 23.6 Å². The lowest BCUT2D eigenvalue weighted by Gasteiger charge is -2.31. The number of nitrogens with zero attached hydrogens (tertiary/aromatic N) is 1. The van der Waals surface area contributed by atoms with Crippen LogP contribution in [0.2, 0.25) is 0 Å². The van der Waals surface area contributed by atoms with Crippen LogP contribution in [-0.2, 0) is 4.79 Å². The molecule has 0 saturated heterocycles. The summed E-state index contributed by atoms with van der Waals surface area (Å²) in [5, 5.41) is 2.95. The molecule has 2 amide bonds. The molecule has 148 valence electrons. The van der Waals surface area contributed by atoms with Crippen LogP contribution in [0.25, 0.3) is 0 Å². The van der Waals surface area contributed by atoms with Gasteiger partial charge in [0.05, 0.1) is 11.3 Å². The normalized spacial score (nSPS) is 18.7. The Kier molecular flexibility index (Phi) is 7.19. The van der Waals surface area contributed by atoms with Gasteiger partial charge >= 0.3 is 0 Å². The number of carbonyl (C=O) groups is 2. The lowest BCUT2D eigenvalue weighted by Crippen LogP contribution is -2.39. The molecule has 3 N–H and O–H groups in total. The van der Waals surface area contributed by atoms with E-state index in [2.05, 4.69) is 5.32 Å². The number of amides is 2. The summed E-state index contributed by atoms with van der Waals surface area (Å²) in [6.45, 7) is 0.506. The number of benzene rings is 1. The van der Waals surface area contributed by atoms with Crippen molar-refractivity contribution in [3.05, 3.63) is 29.8 Å². The molecule has 0 aliphatic heterocycles. The first-order valence-corrected chi connectivity index (χ1v) is 11.1. The van der Waals surface area contributed by atoms with Crippen LogP contribution < -0.4 is 11.1 Å². The van der Waals surface area contributed by atoms with Crippen molar-refractivity contribution in [2.75, 3.05) is 19.3 Å². The zero-order chi connectivity index (χ0) is 19.2. The Labute approximate surface area is 166 Å². The number of carbonyl (C=O) groups excluding carboxylic acids is 2. The van der Waals surface area contributed by atoms with Crippen LogP contribution >= 0.6 is 11.8 Å². The Balaban J connectivity index is 1.53. The maximum atomic E-state index is 12.6. The van der Waals surface area contributed by atoms with Gasteiger partial charge in [0, 0.05) is 30.6 Å². The zero-order valence-electron chi connectivity index (χ0n) is 16.2. The fraction of sp³-hybridized carbons (Fsp3) is 0.619. The second-order valence-corrected chi connectivity index (χ2v) is 8.81. The lowest BCUT2D eigenvalue weighted by molar-refractivity contribution is -0.129. The van der Waals surface area contributed by atoms with Gasteiger partial charge in [0.2, 0.25) is 5.91 Å². The van der Waals surface area contributed by atoms with E-state index in [-0.39, 0.29) is 17.9 Å². The highest BCUT2D eigenvalue weighted by Gasteiger charge is 2.28. The number of thioether (sulfide) groups is 1. The number of nitrogens with one attached hydrogen (secondary N) is 1. The largest absolute Gasteiger partial charge is 0.350 e. The SMILES string of the molecule is CN(C(=O)CSc1ccccc1C(=O)NCC(N)C1CC1)C1CCCCC1. The van der Waals surface area contributed by atoms with Crippen molar-refractivity contribution in [3.63, 3.8) is 0 Å². The summed E-state index contributed by atoms with van der Waals surface area (Å²) in [4.78, 5) is 27.9. The smallest absolute Gasteiger partial charge is 0.252 e. The number of hydrogen-bond acceptors (Lipinski definition) is 4. The van der Waals surface area contributed by atoms with Gasteiger partial charge in [-0.05, 0) is 43.7 Å². The van der Waals surface area contributed by atoms with Gasteiger partial charge in [-0.1, -0.05) is 31.4 Å². The minimum absolute atomic E-state index is 0.0412. The van der Waals surface area contributed by atoms with E-state index in [1.165, 1.54) is 43.9 Å².